The summed E-state index contributed by atoms with van der Waals surface area (Å²) in [4.78, 5) is 10.5. The third-order valence-electron chi connectivity index (χ3n) is 4.94. The van der Waals surface area contributed by atoms with Crippen molar-refractivity contribution in [3.8, 4) is 0 Å². The lowest BCUT2D eigenvalue weighted by Gasteiger charge is -2.20. The van der Waals surface area contributed by atoms with Gasteiger partial charge in [0, 0.05) is 24.5 Å². The Kier molecular flexibility index (Phi) is 9.58. The monoisotopic (exact) mass is 398 g/mol. The Balaban J connectivity index is 1.78. The Morgan fingerprint density at radius 1 is 1.30 bits per heavy atom. The predicted molar refractivity (Wildman–Crippen MR) is 105 cm³/mol. The summed E-state index contributed by atoms with van der Waals surface area (Å²) in [5.74, 6) is -0.270. The number of aliphatic hydroxyl groups excluding tert-OH is 3. The van der Waals surface area contributed by atoms with Gasteiger partial charge in [-0.15, -0.1) is 11.8 Å². The van der Waals surface area contributed by atoms with Crippen LogP contribution in [0.25, 0.3) is 0 Å². The number of hydrogen-bond donors (Lipinski definition) is 4. The highest BCUT2D eigenvalue weighted by Crippen LogP contribution is 2.36. The summed E-state index contributed by atoms with van der Waals surface area (Å²) in [6, 6.07) is 0. The first-order valence-electron chi connectivity index (χ1n) is 9.46. The molecular formula is C20H30O6S. The Hall–Kier alpha value is -1.12. The van der Waals surface area contributed by atoms with E-state index in [1.165, 1.54) is 0 Å². The topological polar surface area (TPSA) is 107 Å². The molecule has 0 saturated heterocycles. The van der Waals surface area contributed by atoms with Crippen LogP contribution in [-0.2, 0) is 9.53 Å². The third-order valence-corrected chi connectivity index (χ3v) is 5.81. The fraction of sp³-hybridized carbons (Fsp3) is 0.650. The Morgan fingerprint density at radius 3 is 2.81 bits per heavy atom. The molecule has 7 heteroatoms. The van der Waals surface area contributed by atoms with Gasteiger partial charge in [-0.05, 0) is 36.7 Å². The second kappa shape index (κ2) is 11.7. The Labute approximate surface area is 164 Å². The maximum Gasteiger partial charge on any atom is 0.303 e. The summed E-state index contributed by atoms with van der Waals surface area (Å²) in [7, 11) is 0. The lowest BCUT2D eigenvalue weighted by molar-refractivity contribution is -0.137. The Morgan fingerprint density at radius 2 is 2.11 bits per heavy atom. The molecule has 0 unspecified atom stereocenters. The van der Waals surface area contributed by atoms with Crippen molar-refractivity contribution in [3.63, 3.8) is 0 Å². The molecule has 0 spiro atoms. The number of aliphatic hydroxyl groups is 3. The molecule has 6 atom stereocenters. The number of thioether (sulfide) groups is 1. The van der Waals surface area contributed by atoms with Gasteiger partial charge in [0.1, 0.15) is 0 Å². The van der Waals surface area contributed by atoms with Crippen LogP contribution in [0.15, 0.2) is 35.8 Å². The van der Waals surface area contributed by atoms with Crippen LogP contribution in [0.1, 0.15) is 32.1 Å². The highest BCUT2D eigenvalue weighted by molar-refractivity contribution is 8.02. The molecule has 0 aromatic rings. The van der Waals surface area contributed by atoms with Crippen LogP contribution in [0.4, 0.5) is 0 Å². The van der Waals surface area contributed by atoms with Gasteiger partial charge in [-0.3, -0.25) is 4.79 Å². The molecular weight excluding hydrogens is 368 g/mol. The second-order valence-electron chi connectivity index (χ2n) is 7.09. The van der Waals surface area contributed by atoms with Crippen LogP contribution in [0.2, 0.25) is 0 Å². The molecule has 0 aromatic carbocycles. The number of allylic oxidation sites excluding steroid dienone is 2. The summed E-state index contributed by atoms with van der Waals surface area (Å²) < 4.78 is 5.60. The van der Waals surface area contributed by atoms with E-state index < -0.39 is 24.3 Å². The van der Waals surface area contributed by atoms with Gasteiger partial charge in [0.25, 0.3) is 0 Å². The first-order valence-corrected chi connectivity index (χ1v) is 10.5. The first-order chi connectivity index (χ1) is 13.0. The second-order valence-corrected chi connectivity index (χ2v) is 8.03. The number of rotatable bonds is 11. The molecule has 1 fully saturated rings. The SMILES string of the molecule is O=C(O)CCC/C=C\C[C@@H]1[C@@H](/C=C/[C@@H](O)CO[C@H]2C=CSC2)[C@H](O)C[C@@H]1O. The van der Waals surface area contributed by atoms with E-state index in [-0.39, 0.29) is 31.0 Å². The smallest absolute Gasteiger partial charge is 0.303 e. The van der Waals surface area contributed by atoms with Crippen molar-refractivity contribution in [2.24, 2.45) is 11.8 Å². The van der Waals surface area contributed by atoms with Crippen LogP contribution in [0, 0.1) is 11.8 Å². The van der Waals surface area contributed by atoms with Crippen molar-refractivity contribution < 1.29 is 30.0 Å². The molecule has 0 aromatic heterocycles. The van der Waals surface area contributed by atoms with Crippen molar-refractivity contribution in [1.82, 2.24) is 0 Å². The maximum atomic E-state index is 10.5. The standard InChI is InChI=1S/C20H30O6S/c21-14(12-26-15-9-10-27-13-15)7-8-17-16(18(22)11-19(17)23)5-3-1-2-4-6-20(24)25/h1,3,7-10,14-19,21-23H,2,4-6,11-13H2,(H,24,25)/b3-1-,8-7+/t14-,15+,16-,17-,18+,19-/m1/s1. The minimum Gasteiger partial charge on any atom is -0.481 e. The van der Waals surface area contributed by atoms with Gasteiger partial charge in [0.15, 0.2) is 0 Å². The zero-order valence-electron chi connectivity index (χ0n) is 15.4. The van der Waals surface area contributed by atoms with Crippen molar-refractivity contribution in [3.05, 3.63) is 35.8 Å². The van der Waals surface area contributed by atoms with Gasteiger partial charge in [-0.2, -0.15) is 0 Å². The van der Waals surface area contributed by atoms with Crippen LogP contribution < -0.4 is 0 Å². The molecule has 1 heterocycles. The van der Waals surface area contributed by atoms with Gasteiger partial charge in [0.05, 0.1) is 31.0 Å². The number of ether oxygens (including phenoxy) is 1. The van der Waals surface area contributed by atoms with Gasteiger partial charge in [-0.25, -0.2) is 0 Å². The largest absolute Gasteiger partial charge is 0.481 e. The van der Waals surface area contributed by atoms with Crippen molar-refractivity contribution in [2.75, 3.05) is 12.4 Å². The van der Waals surface area contributed by atoms with Gasteiger partial charge in [-0.1, -0.05) is 24.3 Å². The molecule has 6 nitrogen and oxygen atoms in total. The molecule has 1 aliphatic heterocycles. The molecule has 0 amide bonds. The third kappa shape index (κ3) is 7.79. The zero-order valence-corrected chi connectivity index (χ0v) is 16.2. The molecule has 1 aliphatic carbocycles. The zero-order chi connectivity index (χ0) is 19.6. The highest BCUT2D eigenvalue weighted by Gasteiger charge is 2.39. The van der Waals surface area contributed by atoms with Gasteiger partial charge >= 0.3 is 5.97 Å². The lowest BCUT2D eigenvalue weighted by atomic mass is 9.89. The minimum absolute atomic E-state index is 0.0379. The summed E-state index contributed by atoms with van der Waals surface area (Å²) in [6.45, 7) is 0.200. The summed E-state index contributed by atoms with van der Waals surface area (Å²) >= 11 is 1.68. The number of carbonyl (C=O) groups is 1. The van der Waals surface area contributed by atoms with E-state index in [1.807, 2.05) is 23.6 Å². The van der Waals surface area contributed by atoms with Crippen LogP contribution in [0.3, 0.4) is 0 Å². The van der Waals surface area contributed by atoms with Gasteiger partial charge in [0.2, 0.25) is 0 Å². The van der Waals surface area contributed by atoms with E-state index in [0.29, 0.717) is 25.7 Å². The normalized spacial score (nSPS) is 32.0. The maximum absolute atomic E-state index is 10.5. The number of carboxylic acid groups (broad SMARTS) is 1. The fourth-order valence-electron chi connectivity index (χ4n) is 3.44. The summed E-state index contributed by atoms with van der Waals surface area (Å²) in [5, 5.41) is 41.1. The Bertz CT molecular complexity index is 547. The van der Waals surface area contributed by atoms with E-state index in [0.717, 1.165) is 5.75 Å². The van der Waals surface area contributed by atoms with E-state index in [4.69, 9.17) is 9.84 Å². The van der Waals surface area contributed by atoms with E-state index in [1.54, 1.807) is 23.9 Å². The molecule has 27 heavy (non-hydrogen) atoms. The molecule has 152 valence electrons. The highest BCUT2D eigenvalue weighted by atomic mass is 32.2. The van der Waals surface area contributed by atoms with E-state index in [9.17, 15) is 20.1 Å². The molecule has 1 saturated carbocycles. The van der Waals surface area contributed by atoms with Crippen molar-refractivity contribution in [2.45, 2.75) is 56.5 Å². The van der Waals surface area contributed by atoms with Crippen molar-refractivity contribution in [1.29, 1.82) is 0 Å². The van der Waals surface area contributed by atoms with Crippen LogP contribution >= 0.6 is 11.8 Å². The van der Waals surface area contributed by atoms with E-state index >= 15 is 0 Å². The minimum atomic E-state index is -0.798. The van der Waals surface area contributed by atoms with E-state index in [2.05, 4.69) is 0 Å². The molecule has 0 radical (unpaired) electrons. The average molecular weight is 399 g/mol. The van der Waals surface area contributed by atoms with Crippen LogP contribution in [-0.4, -0.2) is 63.2 Å². The fourth-order valence-corrected chi connectivity index (χ4v) is 4.23. The number of unbranched alkanes of at least 4 members (excludes halogenated alkanes) is 1. The molecule has 0 bridgehead atoms. The lowest BCUT2D eigenvalue weighted by Crippen LogP contribution is -2.22. The predicted octanol–water partition coefficient (Wildman–Crippen LogP) is 2.11. The molecule has 2 rings (SSSR count). The quantitative estimate of drug-likeness (QED) is 0.312. The van der Waals surface area contributed by atoms with Crippen LogP contribution in [0.5, 0.6) is 0 Å². The summed E-state index contributed by atoms with van der Waals surface area (Å²) in [5.41, 5.74) is 0. The molecule has 2 aliphatic rings. The van der Waals surface area contributed by atoms with Crippen molar-refractivity contribution >= 4 is 17.7 Å². The number of hydrogen-bond acceptors (Lipinski definition) is 6. The average Bonchev–Trinajstić information content (AvgIpc) is 3.22. The summed E-state index contributed by atoms with van der Waals surface area (Å²) in [6.07, 6.45) is 9.68. The first kappa shape index (κ1) is 22.2. The number of aliphatic carboxylic acids is 1. The number of carboxylic acids is 1. The molecule has 4 N–H and O–H groups in total. The van der Waals surface area contributed by atoms with Gasteiger partial charge < -0.3 is 25.2 Å².